The van der Waals surface area contributed by atoms with Crippen molar-refractivity contribution in [1.29, 1.82) is 0 Å². The summed E-state index contributed by atoms with van der Waals surface area (Å²) in [5.41, 5.74) is 1.92. The summed E-state index contributed by atoms with van der Waals surface area (Å²) in [4.78, 5) is 9.54. The summed E-state index contributed by atoms with van der Waals surface area (Å²) < 4.78 is 0. The molecule has 0 aromatic rings. The fourth-order valence-corrected chi connectivity index (χ4v) is 0.839. The van der Waals surface area contributed by atoms with Crippen molar-refractivity contribution >= 4 is 6.21 Å². The molecule has 0 heterocycles. The van der Waals surface area contributed by atoms with Crippen LogP contribution in [0.5, 0.6) is 0 Å². The third kappa shape index (κ3) is 12.3. The Hall–Kier alpha value is -1.71. The van der Waals surface area contributed by atoms with E-state index in [1.807, 2.05) is 29.8 Å². The Bertz CT molecular complexity index is 255. The topological polar surface area (TPSA) is 53.8 Å². The first-order chi connectivity index (χ1) is 7.41. The molecule has 82 valence electrons. The highest BCUT2D eigenvalue weighted by molar-refractivity contribution is 5.71. The van der Waals surface area contributed by atoms with Crippen LogP contribution < -0.4 is 5.53 Å². The highest BCUT2D eigenvalue weighted by Gasteiger charge is 1.74. The predicted octanol–water partition coefficient (Wildman–Crippen LogP) is 3.10. The molecular formula is C11H17N3O. The second kappa shape index (κ2) is 12.3. The van der Waals surface area contributed by atoms with Crippen LogP contribution in [0.1, 0.15) is 26.2 Å². The number of unbranched alkanes of at least 4 members (excludes halogenated alkanes) is 2. The average Bonchev–Trinajstić information content (AvgIpc) is 2.26. The fourth-order valence-electron chi connectivity index (χ4n) is 0.839. The number of nitrogens with zero attached hydrogens (tertiary/aromatic N) is 2. The molecule has 0 fully saturated rings. The molecule has 4 nitrogen and oxygen atoms in total. The summed E-state index contributed by atoms with van der Waals surface area (Å²) in [7, 11) is 0. The van der Waals surface area contributed by atoms with Crippen molar-refractivity contribution in [2.45, 2.75) is 26.2 Å². The minimum atomic E-state index is 1.13. The van der Waals surface area contributed by atoms with Gasteiger partial charge in [-0.15, -0.1) is 4.91 Å². The Labute approximate surface area is 90.4 Å². The monoisotopic (exact) mass is 207 g/mol. The summed E-state index contributed by atoms with van der Waals surface area (Å²) in [6, 6.07) is 0. The standard InChI is InChI=1S/C11H17N3O/c1-2-3-4-5-6-7-8-9-10-11-12-13-14-15/h5-11H,2-4H2,1H3,(H,13,15). The van der Waals surface area contributed by atoms with E-state index >= 15 is 0 Å². The molecule has 0 radical (unpaired) electrons. The molecule has 0 aliphatic heterocycles. The molecule has 0 atom stereocenters. The van der Waals surface area contributed by atoms with E-state index < -0.39 is 0 Å². The number of nitrogens with one attached hydrogen (secondary N) is 1. The van der Waals surface area contributed by atoms with Gasteiger partial charge in [0.1, 0.15) is 0 Å². The van der Waals surface area contributed by atoms with Gasteiger partial charge in [-0.2, -0.15) is 10.6 Å². The molecule has 0 saturated carbocycles. The maximum absolute atomic E-state index is 9.54. The summed E-state index contributed by atoms with van der Waals surface area (Å²) in [5.74, 6) is 0. The molecule has 0 aliphatic carbocycles. The highest BCUT2D eigenvalue weighted by Crippen LogP contribution is 1.94. The van der Waals surface area contributed by atoms with Gasteiger partial charge in [0.05, 0.1) is 5.29 Å². The summed E-state index contributed by atoms with van der Waals surface area (Å²) in [6.07, 6.45) is 16.6. The SMILES string of the molecule is CCCCC=CC=CC=CC=NNN=O. The smallest absolute Gasteiger partial charge is 0.0722 e. The number of hydrogen-bond donors (Lipinski definition) is 1. The van der Waals surface area contributed by atoms with E-state index in [0.29, 0.717) is 0 Å². The molecule has 1 N–H and O–H groups in total. The van der Waals surface area contributed by atoms with Crippen molar-refractivity contribution < 1.29 is 0 Å². The van der Waals surface area contributed by atoms with Gasteiger partial charge in [-0.25, -0.2) is 0 Å². The zero-order chi connectivity index (χ0) is 11.2. The van der Waals surface area contributed by atoms with Gasteiger partial charge >= 0.3 is 0 Å². The second-order valence-electron chi connectivity index (χ2n) is 2.81. The van der Waals surface area contributed by atoms with Gasteiger partial charge in [-0.05, 0) is 12.5 Å². The van der Waals surface area contributed by atoms with Crippen LogP contribution in [-0.4, -0.2) is 6.21 Å². The maximum Gasteiger partial charge on any atom is 0.0722 e. The molecule has 0 aromatic carbocycles. The number of allylic oxidation sites excluding steroid dienone is 6. The van der Waals surface area contributed by atoms with Crippen molar-refractivity contribution in [3.05, 3.63) is 41.4 Å². The van der Waals surface area contributed by atoms with E-state index in [1.54, 1.807) is 6.08 Å². The Balaban J connectivity index is 3.52. The van der Waals surface area contributed by atoms with E-state index in [4.69, 9.17) is 0 Å². The zero-order valence-corrected chi connectivity index (χ0v) is 8.97. The lowest BCUT2D eigenvalue weighted by molar-refractivity contribution is 0.804. The lowest BCUT2D eigenvalue weighted by Crippen LogP contribution is -1.89. The number of hydrazone groups is 1. The van der Waals surface area contributed by atoms with Crippen molar-refractivity contribution in [2.24, 2.45) is 10.4 Å². The van der Waals surface area contributed by atoms with Crippen LogP contribution in [0.25, 0.3) is 0 Å². The number of hydrogen-bond acceptors (Lipinski definition) is 3. The lowest BCUT2D eigenvalue weighted by Gasteiger charge is -1.85. The van der Waals surface area contributed by atoms with Crippen LogP contribution in [-0.2, 0) is 0 Å². The number of rotatable bonds is 8. The van der Waals surface area contributed by atoms with Gasteiger partial charge in [0, 0.05) is 6.21 Å². The van der Waals surface area contributed by atoms with Crippen LogP contribution in [0, 0.1) is 4.91 Å². The Morgan fingerprint density at radius 2 is 1.87 bits per heavy atom. The summed E-state index contributed by atoms with van der Waals surface area (Å²) in [5, 5.41) is 5.81. The van der Waals surface area contributed by atoms with Gasteiger partial charge in [0.25, 0.3) is 0 Å². The molecule has 4 heteroatoms. The molecular weight excluding hydrogens is 190 g/mol. The van der Waals surface area contributed by atoms with Crippen LogP contribution >= 0.6 is 0 Å². The highest BCUT2D eigenvalue weighted by atomic mass is 16.3. The lowest BCUT2D eigenvalue weighted by atomic mass is 10.2. The molecule has 0 spiro atoms. The van der Waals surface area contributed by atoms with Gasteiger partial charge in [-0.1, -0.05) is 50.1 Å². The molecule has 0 aliphatic rings. The second-order valence-corrected chi connectivity index (χ2v) is 2.81. The molecule has 15 heavy (non-hydrogen) atoms. The molecule has 0 aromatic heterocycles. The first-order valence-electron chi connectivity index (χ1n) is 5.00. The van der Waals surface area contributed by atoms with Crippen LogP contribution in [0.2, 0.25) is 0 Å². The normalized spacial score (nSPS) is 12.3. The fraction of sp³-hybridized carbons (Fsp3) is 0.364. The van der Waals surface area contributed by atoms with E-state index in [9.17, 15) is 4.91 Å². The molecule has 0 rings (SSSR count). The minimum Gasteiger partial charge on any atom is -0.164 e. The first-order valence-corrected chi connectivity index (χ1v) is 5.00. The van der Waals surface area contributed by atoms with Gasteiger partial charge in [0.2, 0.25) is 0 Å². The maximum atomic E-state index is 9.54. The third-order valence-electron chi connectivity index (χ3n) is 1.56. The summed E-state index contributed by atoms with van der Waals surface area (Å²) in [6.45, 7) is 2.17. The van der Waals surface area contributed by atoms with Gasteiger partial charge in [-0.3, -0.25) is 0 Å². The quantitative estimate of drug-likeness (QED) is 0.218. The van der Waals surface area contributed by atoms with Crippen LogP contribution in [0.3, 0.4) is 0 Å². The Morgan fingerprint density at radius 1 is 1.13 bits per heavy atom. The largest absolute Gasteiger partial charge is 0.164 e. The zero-order valence-electron chi connectivity index (χ0n) is 8.97. The molecule has 0 saturated heterocycles. The molecule has 0 bridgehead atoms. The Morgan fingerprint density at radius 3 is 2.60 bits per heavy atom. The van der Waals surface area contributed by atoms with Crippen LogP contribution in [0.15, 0.2) is 46.8 Å². The molecule has 0 unspecified atom stereocenters. The van der Waals surface area contributed by atoms with Crippen molar-refractivity contribution in [3.63, 3.8) is 0 Å². The average molecular weight is 207 g/mol. The third-order valence-corrected chi connectivity index (χ3v) is 1.56. The van der Waals surface area contributed by atoms with Crippen LogP contribution in [0.4, 0.5) is 0 Å². The van der Waals surface area contributed by atoms with Gasteiger partial charge in [0.15, 0.2) is 0 Å². The van der Waals surface area contributed by atoms with Crippen molar-refractivity contribution in [2.75, 3.05) is 0 Å². The Kier molecular flexibility index (Phi) is 10.9. The minimum absolute atomic E-state index is 1.13. The van der Waals surface area contributed by atoms with E-state index in [1.165, 1.54) is 19.1 Å². The van der Waals surface area contributed by atoms with Crippen molar-refractivity contribution in [3.8, 4) is 0 Å². The molecule has 0 amide bonds. The van der Waals surface area contributed by atoms with E-state index in [2.05, 4.69) is 23.4 Å². The summed E-state index contributed by atoms with van der Waals surface area (Å²) >= 11 is 0. The van der Waals surface area contributed by atoms with Crippen molar-refractivity contribution in [1.82, 2.24) is 5.53 Å². The predicted molar refractivity (Wildman–Crippen MR) is 64.4 cm³/mol. The van der Waals surface area contributed by atoms with E-state index in [-0.39, 0.29) is 0 Å². The number of nitroso groups, excluding NO2 is 1. The van der Waals surface area contributed by atoms with Gasteiger partial charge < -0.3 is 0 Å². The van der Waals surface area contributed by atoms with E-state index in [0.717, 1.165) is 6.42 Å². The first kappa shape index (κ1) is 13.3.